The summed E-state index contributed by atoms with van der Waals surface area (Å²) in [4.78, 5) is 28.0. The Morgan fingerprint density at radius 1 is 1.06 bits per heavy atom. The molecule has 1 aromatic heterocycles. The smallest absolute Gasteiger partial charge is 0.274 e. The van der Waals surface area contributed by atoms with E-state index in [1.54, 1.807) is 18.2 Å². The lowest BCUT2D eigenvalue weighted by atomic mass is 10.1. The third-order valence-corrected chi connectivity index (χ3v) is 5.97. The molecule has 1 fully saturated rings. The van der Waals surface area contributed by atoms with E-state index in [1.807, 2.05) is 32.0 Å². The number of nitrogens with one attached hydrogen (secondary N) is 1. The first kappa shape index (κ1) is 22.2. The molecule has 1 saturated heterocycles. The Morgan fingerprint density at radius 3 is 2.34 bits per heavy atom. The van der Waals surface area contributed by atoms with Crippen molar-refractivity contribution in [1.82, 2.24) is 20.0 Å². The molecule has 0 aliphatic carbocycles. The van der Waals surface area contributed by atoms with Gasteiger partial charge in [-0.3, -0.25) is 14.5 Å². The van der Waals surface area contributed by atoms with Crippen LogP contribution in [0.15, 0.2) is 53.3 Å². The quantitative estimate of drug-likeness (QED) is 0.623. The van der Waals surface area contributed by atoms with Crippen molar-refractivity contribution in [1.29, 1.82) is 0 Å². The minimum Gasteiger partial charge on any atom is -0.393 e. The first-order valence-corrected chi connectivity index (χ1v) is 11.2. The van der Waals surface area contributed by atoms with Crippen molar-refractivity contribution in [3.8, 4) is 0 Å². The molecule has 2 N–H and O–H groups in total. The summed E-state index contributed by atoms with van der Waals surface area (Å²) >= 11 is 0. The van der Waals surface area contributed by atoms with Gasteiger partial charge in [0, 0.05) is 31.6 Å². The molecule has 3 aromatic rings. The third-order valence-electron chi connectivity index (χ3n) is 5.97. The van der Waals surface area contributed by atoms with Gasteiger partial charge >= 0.3 is 0 Å². The van der Waals surface area contributed by atoms with Crippen molar-refractivity contribution >= 4 is 16.7 Å². The van der Waals surface area contributed by atoms with Crippen LogP contribution in [0, 0.1) is 0 Å². The maximum Gasteiger partial charge on any atom is 0.274 e. The summed E-state index contributed by atoms with van der Waals surface area (Å²) in [6.45, 7) is 6.83. The van der Waals surface area contributed by atoms with Crippen LogP contribution >= 0.6 is 0 Å². The summed E-state index contributed by atoms with van der Waals surface area (Å²) in [7, 11) is 0. The Hall–Kier alpha value is -3.03. The number of amides is 1. The van der Waals surface area contributed by atoms with Gasteiger partial charge in [0.05, 0.1) is 17.5 Å². The second-order valence-corrected chi connectivity index (χ2v) is 8.74. The Labute approximate surface area is 187 Å². The average Bonchev–Trinajstić information content (AvgIpc) is 2.80. The molecule has 0 bridgehead atoms. The molecule has 0 radical (unpaired) electrons. The monoisotopic (exact) mass is 434 g/mol. The normalized spacial score (nSPS) is 15.4. The fraction of sp³-hybridized carbons (Fsp3) is 0.400. The number of carbonyl (C=O) groups excluding carboxylic acids is 1. The van der Waals surface area contributed by atoms with Crippen molar-refractivity contribution in [2.24, 2.45) is 0 Å². The van der Waals surface area contributed by atoms with Crippen LogP contribution in [-0.4, -0.2) is 44.9 Å². The largest absolute Gasteiger partial charge is 0.393 e. The second-order valence-electron chi connectivity index (χ2n) is 8.74. The maximum absolute atomic E-state index is 13.0. The first-order valence-electron chi connectivity index (χ1n) is 11.2. The minimum atomic E-state index is -0.299. The molecule has 7 nitrogen and oxygen atoms in total. The highest BCUT2D eigenvalue weighted by Gasteiger charge is 2.18. The number of aromatic nitrogens is 2. The summed E-state index contributed by atoms with van der Waals surface area (Å²) in [6.07, 6.45) is 1.50. The number of rotatable bonds is 6. The zero-order chi connectivity index (χ0) is 22.7. The number of hydrogen-bond donors (Lipinski definition) is 2. The van der Waals surface area contributed by atoms with Crippen LogP contribution < -0.4 is 10.9 Å². The van der Waals surface area contributed by atoms with Crippen LogP contribution in [0.3, 0.4) is 0 Å². The van der Waals surface area contributed by atoms with E-state index >= 15 is 0 Å². The topological polar surface area (TPSA) is 87.5 Å². The molecule has 1 aliphatic rings. The molecular weight excluding hydrogens is 404 g/mol. The number of hydrogen-bond acceptors (Lipinski definition) is 5. The SMILES string of the molecule is CC(C)n1nc(C(=O)NCc2ccc(CN3CCC(O)CC3)cc2)c2ccccc2c1=O. The van der Waals surface area contributed by atoms with Gasteiger partial charge in [-0.1, -0.05) is 42.5 Å². The number of piperidine rings is 1. The molecule has 1 amide bonds. The lowest BCUT2D eigenvalue weighted by Crippen LogP contribution is -2.35. The van der Waals surface area contributed by atoms with E-state index in [1.165, 1.54) is 10.2 Å². The van der Waals surface area contributed by atoms with Gasteiger partial charge in [-0.15, -0.1) is 0 Å². The van der Waals surface area contributed by atoms with Gasteiger partial charge in [0.1, 0.15) is 0 Å². The van der Waals surface area contributed by atoms with Gasteiger partial charge in [0.25, 0.3) is 11.5 Å². The van der Waals surface area contributed by atoms with Gasteiger partial charge in [-0.2, -0.15) is 5.10 Å². The van der Waals surface area contributed by atoms with E-state index in [4.69, 9.17) is 0 Å². The third kappa shape index (κ3) is 4.89. The highest BCUT2D eigenvalue weighted by molar-refractivity contribution is 6.04. The molecule has 168 valence electrons. The number of benzene rings is 2. The van der Waals surface area contributed by atoms with Crippen LogP contribution in [0.25, 0.3) is 10.8 Å². The van der Waals surface area contributed by atoms with Crippen LogP contribution in [0.2, 0.25) is 0 Å². The molecule has 0 saturated carbocycles. The highest BCUT2D eigenvalue weighted by Crippen LogP contribution is 2.16. The predicted octanol–water partition coefficient (Wildman–Crippen LogP) is 2.86. The van der Waals surface area contributed by atoms with Crippen molar-refractivity contribution in [3.63, 3.8) is 0 Å². The van der Waals surface area contributed by atoms with E-state index in [9.17, 15) is 14.7 Å². The molecule has 0 atom stereocenters. The van der Waals surface area contributed by atoms with Crippen molar-refractivity contribution in [2.45, 2.75) is 51.9 Å². The summed E-state index contributed by atoms with van der Waals surface area (Å²) in [5, 5.41) is 18.0. The number of fused-ring (bicyclic) bond motifs is 1. The Kier molecular flexibility index (Phi) is 6.67. The van der Waals surface area contributed by atoms with Gasteiger partial charge in [-0.25, -0.2) is 4.68 Å². The summed E-state index contributed by atoms with van der Waals surface area (Å²) in [5.74, 6) is -0.299. The van der Waals surface area contributed by atoms with Crippen molar-refractivity contribution < 1.29 is 9.90 Å². The second kappa shape index (κ2) is 9.63. The van der Waals surface area contributed by atoms with Crippen LogP contribution in [0.1, 0.15) is 54.3 Å². The molecular formula is C25H30N4O3. The summed E-state index contributed by atoms with van der Waals surface area (Å²) in [5.41, 5.74) is 2.29. The van der Waals surface area contributed by atoms with Gasteiger partial charge in [-0.05, 0) is 43.9 Å². The lowest BCUT2D eigenvalue weighted by Gasteiger charge is -2.29. The highest BCUT2D eigenvalue weighted by atomic mass is 16.3. The van der Waals surface area contributed by atoms with E-state index in [0.717, 1.165) is 38.0 Å². The Bertz CT molecular complexity index is 1150. The Morgan fingerprint density at radius 2 is 1.69 bits per heavy atom. The number of carbonyl (C=O) groups is 1. The average molecular weight is 435 g/mol. The fourth-order valence-corrected chi connectivity index (χ4v) is 4.09. The number of likely N-dealkylation sites (tertiary alicyclic amines) is 1. The standard InChI is InChI=1S/C25H30N4O3/c1-17(2)29-25(32)22-6-4-3-5-21(22)23(27-29)24(31)26-15-18-7-9-19(10-8-18)16-28-13-11-20(30)12-14-28/h3-10,17,20,30H,11-16H2,1-2H3,(H,26,31). The van der Waals surface area contributed by atoms with Crippen LogP contribution in [0.4, 0.5) is 0 Å². The van der Waals surface area contributed by atoms with E-state index in [-0.39, 0.29) is 29.3 Å². The molecule has 2 heterocycles. The summed E-state index contributed by atoms with van der Waals surface area (Å²) in [6, 6.07) is 15.2. The zero-order valence-electron chi connectivity index (χ0n) is 18.6. The molecule has 1 aliphatic heterocycles. The van der Waals surface area contributed by atoms with Crippen LogP contribution in [0.5, 0.6) is 0 Å². The summed E-state index contributed by atoms with van der Waals surface area (Å²) < 4.78 is 1.37. The maximum atomic E-state index is 13.0. The minimum absolute atomic E-state index is 0.144. The molecule has 4 rings (SSSR count). The fourth-order valence-electron chi connectivity index (χ4n) is 4.09. The van der Waals surface area contributed by atoms with Gasteiger partial charge < -0.3 is 10.4 Å². The van der Waals surface area contributed by atoms with Crippen molar-refractivity contribution in [2.75, 3.05) is 13.1 Å². The van der Waals surface area contributed by atoms with E-state index < -0.39 is 0 Å². The predicted molar refractivity (Wildman–Crippen MR) is 125 cm³/mol. The van der Waals surface area contributed by atoms with E-state index in [2.05, 4.69) is 27.4 Å². The Balaban J connectivity index is 1.44. The molecule has 0 spiro atoms. The van der Waals surface area contributed by atoms with Crippen LogP contribution in [-0.2, 0) is 13.1 Å². The molecule has 7 heteroatoms. The zero-order valence-corrected chi connectivity index (χ0v) is 18.6. The number of aliphatic hydroxyl groups is 1. The van der Waals surface area contributed by atoms with Gasteiger partial charge in [0.2, 0.25) is 0 Å². The lowest BCUT2D eigenvalue weighted by molar-refractivity contribution is 0.0792. The number of nitrogens with zero attached hydrogens (tertiary/aromatic N) is 3. The van der Waals surface area contributed by atoms with Gasteiger partial charge in [0.15, 0.2) is 5.69 Å². The molecule has 32 heavy (non-hydrogen) atoms. The molecule has 2 aromatic carbocycles. The van der Waals surface area contributed by atoms with Crippen molar-refractivity contribution in [3.05, 3.63) is 75.7 Å². The molecule has 0 unspecified atom stereocenters. The van der Waals surface area contributed by atoms with E-state index in [0.29, 0.717) is 17.3 Å². The number of aliphatic hydroxyl groups excluding tert-OH is 1. The first-order chi connectivity index (χ1) is 15.4.